The van der Waals surface area contributed by atoms with E-state index < -0.39 is 6.03 Å². The Morgan fingerprint density at radius 2 is 1.91 bits per heavy atom. The van der Waals surface area contributed by atoms with Crippen molar-refractivity contribution in [3.63, 3.8) is 0 Å². The van der Waals surface area contributed by atoms with Gasteiger partial charge in [0.15, 0.2) is 5.78 Å². The van der Waals surface area contributed by atoms with Gasteiger partial charge in [-0.25, -0.2) is 9.18 Å². The summed E-state index contributed by atoms with van der Waals surface area (Å²) in [6.45, 7) is 1.93. The van der Waals surface area contributed by atoms with Gasteiger partial charge in [-0.2, -0.15) is 0 Å². The molecule has 2 aromatic carbocycles. The molecule has 0 aromatic heterocycles. The third-order valence-corrected chi connectivity index (χ3v) is 2.98. The van der Waals surface area contributed by atoms with E-state index in [-0.39, 0.29) is 24.8 Å². The standard InChI is InChI=1S/C17H17FN2O3/c1-12(21)13-4-2-6-15(10-13)20-17(22)19-8-9-23-16-7-3-5-14(18)11-16/h2-7,10-11H,8-9H2,1H3,(H2,19,20,22). The minimum atomic E-state index is -0.409. The van der Waals surface area contributed by atoms with Crippen molar-refractivity contribution in [3.8, 4) is 5.75 Å². The summed E-state index contributed by atoms with van der Waals surface area (Å²) in [6, 6.07) is 12.0. The van der Waals surface area contributed by atoms with Crippen LogP contribution in [0.4, 0.5) is 14.9 Å². The number of amides is 2. The molecule has 2 N–H and O–H groups in total. The van der Waals surface area contributed by atoms with Crippen LogP contribution in [0, 0.1) is 5.82 Å². The van der Waals surface area contributed by atoms with Crippen LogP contribution in [0.2, 0.25) is 0 Å². The lowest BCUT2D eigenvalue weighted by molar-refractivity contribution is 0.101. The molecule has 0 heterocycles. The van der Waals surface area contributed by atoms with Crippen LogP contribution in [0.3, 0.4) is 0 Å². The molecule has 5 nitrogen and oxygen atoms in total. The van der Waals surface area contributed by atoms with Gasteiger partial charge >= 0.3 is 6.03 Å². The van der Waals surface area contributed by atoms with E-state index in [0.29, 0.717) is 17.0 Å². The lowest BCUT2D eigenvalue weighted by Gasteiger charge is -2.09. The SMILES string of the molecule is CC(=O)c1cccc(NC(=O)NCCOc2cccc(F)c2)c1. The lowest BCUT2D eigenvalue weighted by Crippen LogP contribution is -2.32. The molecule has 2 rings (SSSR count). The summed E-state index contributed by atoms with van der Waals surface area (Å²) in [5.74, 6) is -0.0440. The minimum Gasteiger partial charge on any atom is -0.492 e. The summed E-state index contributed by atoms with van der Waals surface area (Å²) >= 11 is 0. The quantitative estimate of drug-likeness (QED) is 0.635. The number of urea groups is 1. The summed E-state index contributed by atoms with van der Waals surface area (Å²) in [7, 11) is 0. The number of carbonyl (C=O) groups is 2. The van der Waals surface area contributed by atoms with Gasteiger partial charge in [0.2, 0.25) is 0 Å². The van der Waals surface area contributed by atoms with Crippen molar-refractivity contribution in [2.75, 3.05) is 18.5 Å². The van der Waals surface area contributed by atoms with Crippen LogP contribution < -0.4 is 15.4 Å². The molecule has 0 aliphatic heterocycles. The number of hydrogen-bond acceptors (Lipinski definition) is 3. The number of rotatable bonds is 6. The topological polar surface area (TPSA) is 67.4 Å². The second-order valence-corrected chi connectivity index (χ2v) is 4.82. The van der Waals surface area contributed by atoms with Gasteiger partial charge < -0.3 is 15.4 Å². The molecule has 0 spiro atoms. The Bertz CT molecular complexity index is 704. The molecule has 0 saturated heterocycles. The average Bonchev–Trinajstić information content (AvgIpc) is 2.52. The first-order valence-corrected chi connectivity index (χ1v) is 7.09. The van der Waals surface area contributed by atoms with Gasteiger partial charge in [0.25, 0.3) is 0 Å². The van der Waals surface area contributed by atoms with E-state index in [1.54, 1.807) is 36.4 Å². The zero-order chi connectivity index (χ0) is 16.7. The van der Waals surface area contributed by atoms with E-state index in [1.165, 1.54) is 19.1 Å². The number of anilines is 1. The third-order valence-electron chi connectivity index (χ3n) is 2.98. The van der Waals surface area contributed by atoms with E-state index >= 15 is 0 Å². The van der Waals surface area contributed by atoms with Gasteiger partial charge in [0.05, 0.1) is 6.54 Å². The highest BCUT2D eigenvalue weighted by atomic mass is 19.1. The van der Waals surface area contributed by atoms with Crippen LogP contribution in [-0.2, 0) is 0 Å². The molecule has 0 atom stereocenters. The highest BCUT2D eigenvalue weighted by Crippen LogP contribution is 2.12. The Balaban J connectivity index is 1.75. The Labute approximate surface area is 133 Å². The van der Waals surface area contributed by atoms with Crippen molar-refractivity contribution in [2.24, 2.45) is 0 Å². The van der Waals surface area contributed by atoms with Gasteiger partial charge in [-0.05, 0) is 31.2 Å². The Hall–Kier alpha value is -2.89. The van der Waals surface area contributed by atoms with Crippen molar-refractivity contribution in [2.45, 2.75) is 6.92 Å². The maximum atomic E-state index is 13.0. The molecule has 2 aromatic rings. The monoisotopic (exact) mass is 316 g/mol. The van der Waals surface area contributed by atoms with Gasteiger partial charge in [-0.15, -0.1) is 0 Å². The van der Waals surface area contributed by atoms with Crippen molar-refractivity contribution in [1.29, 1.82) is 0 Å². The highest BCUT2D eigenvalue weighted by Gasteiger charge is 2.04. The third kappa shape index (κ3) is 5.43. The fourth-order valence-electron chi connectivity index (χ4n) is 1.88. The predicted octanol–water partition coefficient (Wildman–Crippen LogP) is 3.23. The molecule has 23 heavy (non-hydrogen) atoms. The van der Waals surface area contributed by atoms with E-state index in [2.05, 4.69) is 10.6 Å². The van der Waals surface area contributed by atoms with Crippen molar-refractivity contribution in [1.82, 2.24) is 5.32 Å². The van der Waals surface area contributed by atoms with Gasteiger partial charge in [-0.3, -0.25) is 4.79 Å². The summed E-state index contributed by atoms with van der Waals surface area (Å²) < 4.78 is 18.3. The summed E-state index contributed by atoms with van der Waals surface area (Å²) in [6.07, 6.45) is 0. The molecule has 0 unspecified atom stereocenters. The second-order valence-electron chi connectivity index (χ2n) is 4.82. The van der Waals surface area contributed by atoms with Gasteiger partial charge in [0.1, 0.15) is 18.2 Å². The number of carbonyl (C=O) groups excluding carboxylic acids is 2. The molecule has 6 heteroatoms. The number of halogens is 1. The first kappa shape index (κ1) is 16.5. The second kappa shape index (κ2) is 7.93. The maximum Gasteiger partial charge on any atom is 0.319 e. The first-order valence-electron chi connectivity index (χ1n) is 7.09. The lowest BCUT2D eigenvalue weighted by atomic mass is 10.1. The van der Waals surface area contributed by atoms with E-state index in [9.17, 15) is 14.0 Å². The zero-order valence-corrected chi connectivity index (χ0v) is 12.6. The molecule has 0 fully saturated rings. The summed E-state index contributed by atoms with van der Waals surface area (Å²) in [5, 5.41) is 5.24. The molecule has 2 amide bonds. The molecular weight excluding hydrogens is 299 g/mol. The number of benzene rings is 2. The predicted molar refractivity (Wildman–Crippen MR) is 85.4 cm³/mol. The minimum absolute atomic E-state index is 0.0717. The molecular formula is C17H17FN2O3. The maximum absolute atomic E-state index is 13.0. The Morgan fingerprint density at radius 3 is 2.65 bits per heavy atom. The van der Waals surface area contributed by atoms with Crippen LogP contribution in [0.1, 0.15) is 17.3 Å². The number of Topliss-reactive ketones (excluding diaryl/α,β-unsaturated/α-hetero) is 1. The van der Waals surface area contributed by atoms with E-state index in [1.807, 2.05) is 0 Å². The average molecular weight is 316 g/mol. The number of ether oxygens (including phenoxy) is 1. The molecule has 0 radical (unpaired) electrons. The van der Waals surface area contributed by atoms with Crippen molar-refractivity contribution >= 4 is 17.5 Å². The van der Waals surface area contributed by atoms with Crippen LogP contribution in [0.15, 0.2) is 48.5 Å². The van der Waals surface area contributed by atoms with Gasteiger partial charge in [0, 0.05) is 17.3 Å². The van der Waals surface area contributed by atoms with Crippen molar-refractivity contribution in [3.05, 3.63) is 59.9 Å². The summed E-state index contributed by atoms with van der Waals surface area (Å²) in [4.78, 5) is 23.0. The molecule has 0 aliphatic carbocycles. The molecule has 0 aliphatic rings. The van der Waals surface area contributed by atoms with Crippen LogP contribution in [0.25, 0.3) is 0 Å². The fraction of sp³-hybridized carbons (Fsp3) is 0.176. The normalized spacial score (nSPS) is 10.0. The van der Waals surface area contributed by atoms with Crippen molar-refractivity contribution < 1.29 is 18.7 Å². The Kier molecular flexibility index (Phi) is 5.68. The summed E-state index contributed by atoms with van der Waals surface area (Å²) in [5.41, 5.74) is 1.05. The number of nitrogens with one attached hydrogen (secondary N) is 2. The molecule has 0 saturated carbocycles. The first-order chi connectivity index (χ1) is 11.0. The van der Waals surface area contributed by atoms with Crippen LogP contribution >= 0.6 is 0 Å². The molecule has 120 valence electrons. The van der Waals surface area contributed by atoms with E-state index in [4.69, 9.17) is 4.74 Å². The zero-order valence-electron chi connectivity index (χ0n) is 12.6. The Morgan fingerprint density at radius 1 is 1.13 bits per heavy atom. The number of ketones is 1. The fourth-order valence-corrected chi connectivity index (χ4v) is 1.88. The van der Waals surface area contributed by atoms with Gasteiger partial charge in [-0.1, -0.05) is 18.2 Å². The highest BCUT2D eigenvalue weighted by molar-refractivity contribution is 5.96. The smallest absolute Gasteiger partial charge is 0.319 e. The van der Waals surface area contributed by atoms with E-state index in [0.717, 1.165) is 0 Å². The van der Waals surface area contributed by atoms with Crippen LogP contribution in [-0.4, -0.2) is 25.0 Å². The number of hydrogen-bond donors (Lipinski definition) is 2. The molecule has 0 bridgehead atoms. The largest absolute Gasteiger partial charge is 0.492 e. The van der Waals surface area contributed by atoms with Crippen LogP contribution in [0.5, 0.6) is 5.75 Å².